The highest BCUT2D eigenvalue weighted by Gasteiger charge is 2.30. The van der Waals surface area contributed by atoms with E-state index in [2.05, 4.69) is 20.9 Å². The number of carbonyl (C=O) groups is 1. The zero-order chi connectivity index (χ0) is 22.9. The lowest BCUT2D eigenvalue weighted by Crippen LogP contribution is -2.36. The number of rotatable bonds is 8. The first kappa shape index (κ1) is 24.2. The van der Waals surface area contributed by atoms with Crippen LogP contribution >= 0.6 is 0 Å². The normalized spacial score (nSPS) is 12.0. The molecule has 2 aromatic rings. The lowest BCUT2D eigenvalue weighted by atomic mass is 10.1. The number of guanidine groups is 1. The maximum Gasteiger partial charge on any atom is 0.416 e. The summed E-state index contributed by atoms with van der Waals surface area (Å²) in [6, 6.07) is 12.4. The molecule has 168 valence electrons. The van der Waals surface area contributed by atoms with E-state index in [9.17, 15) is 18.0 Å². The van der Waals surface area contributed by atoms with Crippen molar-refractivity contribution in [1.82, 2.24) is 20.9 Å². The van der Waals surface area contributed by atoms with Crippen molar-refractivity contribution in [2.45, 2.75) is 19.3 Å². The second kappa shape index (κ2) is 11.4. The number of nitrogens with one attached hydrogen (secondary N) is 3. The number of nitrogens with zero attached hydrogens (tertiary/aromatic N) is 2. The van der Waals surface area contributed by atoms with Crippen LogP contribution in [0.2, 0.25) is 0 Å². The lowest BCUT2D eigenvalue weighted by molar-refractivity contribution is -0.137. The van der Waals surface area contributed by atoms with Gasteiger partial charge in [0.2, 0.25) is 0 Å². The van der Waals surface area contributed by atoms with Crippen LogP contribution in [0.15, 0.2) is 53.5 Å². The van der Waals surface area contributed by atoms with Gasteiger partial charge in [-0.15, -0.1) is 0 Å². The Kier molecular flexibility index (Phi) is 8.87. The summed E-state index contributed by atoms with van der Waals surface area (Å²) in [6.45, 7) is 1.90. The monoisotopic (exact) mass is 435 g/mol. The molecule has 0 bridgehead atoms. The Morgan fingerprint density at radius 1 is 0.968 bits per heavy atom. The first-order valence-corrected chi connectivity index (χ1v) is 9.81. The molecule has 0 aliphatic heterocycles. The first-order valence-electron chi connectivity index (χ1n) is 9.81. The van der Waals surface area contributed by atoms with Crippen LogP contribution in [0, 0.1) is 0 Å². The maximum atomic E-state index is 12.8. The van der Waals surface area contributed by atoms with E-state index in [1.807, 2.05) is 25.1 Å². The molecule has 0 spiro atoms. The largest absolute Gasteiger partial charge is 0.416 e. The molecule has 2 aromatic carbocycles. The van der Waals surface area contributed by atoms with Crippen molar-refractivity contribution in [2.75, 3.05) is 34.2 Å². The second-order valence-corrected chi connectivity index (χ2v) is 7.24. The first-order chi connectivity index (χ1) is 14.7. The van der Waals surface area contributed by atoms with Crippen LogP contribution < -0.4 is 16.0 Å². The third-order valence-electron chi connectivity index (χ3n) is 4.43. The standard InChI is InChI=1S/C22H28F3N5O/c1-26-21(29-15-17-7-5-9-19(13-17)22(23,24)25)28-14-16-6-4-8-18(12-16)20(31)27-10-11-30(2)3/h4-9,12-13H,10-11,14-15H2,1-3H3,(H,27,31)(H2,26,28,29). The van der Waals surface area contributed by atoms with E-state index < -0.39 is 11.7 Å². The Balaban J connectivity index is 1.89. The molecule has 0 radical (unpaired) electrons. The molecular weight excluding hydrogens is 407 g/mol. The Morgan fingerprint density at radius 2 is 1.58 bits per heavy atom. The fourth-order valence-electron chi connectivity index (χ4n) is 2.77. The van der Waals surface area contributed by atoms with E-state index in [-0.39, 0.29) is 12.5 Å². The molecule has 31 heavy (non-hydrogen) atoms. The van der Waals surface area contributed by atoms with Crippen molar-refractivity contribution in [3.05, 3.63) is 70.8 Å². The van der Waals surface area contributed by atoms with Crippen LogP contribution in [0.3, 0.4) is 0 Å². The Labute approximate surface area is 180 Å². The number of amides is 1. The maximum absolute atomic E-state index is 12.8. The molecule has 0 unspecified atom stereocenters. The van der Waals surface area contributed by atoms with Crippen molar-refractivity contribution >= 4 is 11.9 Å². The third kappa shape index (κ3) is 8.29. The molecule has 0 atom stereocenters. The third-order valence-corrected chi connectivity index (χ3v) is 4.43. The Bertz CT molecular complexity index is 897. The predicted octanol–water partition coefficient (Wildman–Crippen LogP) is 2.86. The van der Waals surface area contributed by atoms with Gasteiger partial charge >= 0.3 is 6.18 Å². The minimum Gasteiger partial charge on any atom is -0.352 e. The SMILES string of the molecule is CN=C(NCc1cccc(C(=O)NCCN(C)C)c1)NCc1cccc(C(F)(F)F)c1. The molecule has 0 aliphatic carbocycles. The molecule has 0 saturated carbocycles. The number of hydrogen-bond donors (Lipinski definition) is 3. The van der Waals surface area contributed by atoms with Gasteiger partial charge in [-0.2, -0.15) is 13.2 Å². The van der Waals surface area contributed by atoms with Crippen LogP contribution in [0.1, 0.15) is 27.0 Å². The molecule has 3 N–H and O–H groups in total. The van der Waals surface area contributed by atoms with Crippen molar-refractivity contribution in [3.8, 4) is 0 Å². The van der Waals surface area contributed by atoms with E-state index in [1.165, 1.54) is 6.07 Å². The van der Waals surface area contributed by atoms with Crippen LogP contribution in [0.5, 0.6) is 0 Å². The van der Waals surface area contributed by atoms with Crippen LogP contribution in [-0.2, 0) is 19.3 Å². The average molecular weight is 435 g/mol. The molecule has 6 nitrogen and oxygen atoms in total. The van der Waals surface area contributed by atoms with E-state index in [4.69, 9.17) is 0 Å². The summed E-state index contributed by atoms with van der Waals surface area (Å²) in [6.07, 6.45) is -4.38. The number of aliphatic imine (C=N–C) groups is 1. The highest BCUT2D eigenvalue weighted by molar-refractivity contribution is 5.94. The number of benzene rings is 2. The summed E-state index contributed by atoms with van der Waals surface area (Å²) in [4.78, 5) is 18.3. The van der Waals surface area contributed by atoms with Gasteiger partial charge < -0.3 is 20.9 Å². The molecule has 0 heterocycles. The molecule has 0 aromatic heterocycles. The molecular formula is C22H28F3N5O. The smallest absolute Gasteiger partial charge is 0.352 e. The quantitative estimate of drug-likeness (QED) is 0.441. The van der Waals surface area contributed by atoms with E-state index in [0.29, 0.717) is 30.2 Å². The van der Waals surface area contributed by atoms with Crippen LogP contribution in [-0.4, -0.2) is 51.0 Å². The van der Waals surface area contributed by atoms with E-state index >= 15 is 0 Å². The summed E-state index contributed by atoms with van der Waals surface area (Å²) in [7, 11) is 5.45. The fraction of sp³-hybridized carbons (Fsp3) is 0.364. The second-order valence-electron chi connectivity index (χ2n) is 7.24. The van der Waals surface area contributed by atoms with E-state index in [1.54, 1.807) is 31.3 Å². The zero-order valence-corrected chi connectivity index (χ0v) is 17.9. The van der Waals surface area contributed by atoms with Crippen LogP contribution in [0.4, 0.5) is 13.2 Å². The molecule has 0 aliphatic rings. The van der Waals surface area contributed by atoms with E-state index in [0.717, 1.165) is 24.2 Å². The van der Waals surface area contributed by atoms with Crippen molar-refractivity contribution in [3.63, 3.8) is 0 Å². The summed E-state index contributed by atoms with van der Waals surface area (Å²) in [5.74, 6) is 0.300. The highest BCUT2D eigenvalue weighted by Crippen LogP contribution is 2.29. The molecule has 0 fully saturated rings. The summed E-state index contributed by atoms with van der Waals surface area (Å²) >= 11 is 0. The molecule has 0 saturated heterocycles. The summed E-state index contributed by atoms with van der Waals surface area (Å²) in [5.41, 5.74) is 1.25. The zero-order valence-electron chi connectivity index (χ0n) is 17.9. The molecule has 9 heteroatoms. The topological polar surface area (TPSA) is 68.8 Å². The number of carbonyl (C=O) groups excluding carboxylic acids is 1. The lowest BCUT2D eigenvalue weighted by Gasteiger charge is -2.14. The average Bonchev–Trinajstić information content (AvgIpc) is 2.73. The fourth-order valence-corrected chi connectivity index (χ4v) is 2.77. The molecule has 1 amide bonds. The minimum absolute atomic E-state index is 0.143. The van der Waals surface area contributed by atoms with Gasteiger partial charge in [0, 0.05) is 38.8 Å². The van der Waals surface area contributed by atoms with Gasteiger partial charge in [-0.05, 0) is 49.5 Å². The Morgan fingerprint density at radius 3 is 2.16 bits per heavy atom. The number of hydrogen-bond acceptors (Lipinski definition) is 3. The van der Waals surface area contributed by atoms with Gasteiger partial charge in [-0.1, -0.05) is 24.3 Å². The Hall–Kier alpha value is -3.07. The van der Waals surface area contributed by atoms with Crippen molar-refractivity contribution in [2.24, 2.45) is 4.99 Å². The minimum atomic E-state index is -4.38. The van der Waals surface area contributed by atoms with Crippen molar-refractivity contribution in [1.29, 1.82) is 0 Å². The van der Waals surface area contributed by atoms with Gasteiger partial charge in [-0.3, -0.25) is 9.79 Å². The van der Waals surface area contributed by atoms with Gasteiger partial charge in [0.15, 0.2) is 5.96 Å². The van der Waals surface area contributed by atoms with Gasteiger partial charge in [-0.25, -0.2) is 0 Å². The number of alkyl halides is 3. The summed E-state index contributed by atoms with van der Waals surface area (Å²) in [5, 5.41) is 8.97. The highest BCUT2D eigenvalue weighted by atomic mass is 19.4. The van der Waals surface area contributed by atoms with Crippen molar-refractivity contribution < 1.29 is 18.0 Å². The number of likely N-dealkylation sites (N-methyl/N-ethyl adjacent to an activating group) is 1. The predicted molar refractivity (Wildman–Crippen MR) is 116 cm³/mol. The van der Waals surface area contributed by atoms with Gasteiger partial charge in [0.25, 0.3) is 5.91 Å². The number of halogens is 3. The van der Waals surface area contributed by atoms with Gasteiger partial charge in [0.1, 0.15) is 0 Å². The summed E-state index contributed by atoms with van der Waals surface area (Å²) < 4.78 is 38.5. The van der Waals surface area contributed by atoms with Gasteiger partial charge in [0.05, 0.1) is 5.56 Å². The van der Waals surface area contributed by atoms with Crippen LogP contribution in [0.25, 0.3) is 0 Å². The molecule has 2 rings (SSSR count).